The maximum absolute atomic E-state index is 13.7. The monoisotopic (exact) mass is 540 g/mol. The minimum atomic E-state index is -3.88. The van der Waals surface area contributed by atoms with Gasteiger partial charge in [-0.15, -0.1) is 0 Å². The number of anilines is 2. The number of carbonyl (C=O) groups excluding carboxylic acids is 1. The third-order valence-electron chi connectivity index (χ3n) is 6.32. The second-order valence-electron chi connectivity index (χ2n) is 8.97. The highest BCUT2D eigenvalue weighted by atomic mass is 35.5. The molecule has 7 heteroatoms. The first-order valence-corrected chi connectivity index (χ1v) is 13.9. The topological polar surface area (TPSA) is 66.5 Å². The van der Waals surface area contributed by atoms with Crippen LogP contribution in [0.25, 0.3) is 10.8 Å². The molecule has 0 aliphatic carbocycles. The lowest BCUT2D eigenvalue weighted by Gasteiger charge is -2.26. The fraction of sp³-hybridized carbons (Fsp3) is 0.0645. The molecule has 1 amide bonds. The van der Waals surface area contributed by atoms with Gasteiger partial charge in [-0.1, -0.05) is 78.3 Å². The first-order valence-electron chi connectivity index (χ1n) is 12.0. The molecule has 5 nitrogen and oxygen atoms in total. The molecule has 5 aromatic carbocycles. The molecule has 190 valence electrons. The molecule has 38 heavy (non-hydrogen) atoms. The third kappa shape index (κ3) is 5.42. The minimum absolute atomic E-state index is 0.0744. The first-order chi connectivity index (χ1) is 18.3. The van der Waals surface area contributed by atoms with Gasteiger partial charge in [0.25, 0.3) is 15.9 Å². The summed E-state index contributed by atoms with van der Waals surface area (Å²) in [5.74, 6) is -0.244. The number of hydrogen-bond acceptors (Lipinski definition) is 3. The molecule has 5 rings (SSSR count). The Labute approximate surface area is 227 Å². The molecule has 0 aromatic heterocycles. The van der Waals surface area contributed by atoms with E-state index in [9.17, 15) is 13.2 Å². The predicted octanol–water partition coefficient (Wildman–Crippen LogP) is 7.45. The van der Waals surface area contributed by atoms with Crippen LogP contribution in [0.4, 0.5) is 11.4 Å². The lowest BCUT2D eigenvalue weighted by molar-refractivity contribution is 0.102. The van der Waals surface area contributed by atoms with Gasteiger partial charge < -0.3 is 5.32 Å². The molecule has 0 spiro atoms. The Kier molecular flexibility index (Phi) is 7.18. The lowest BCUT2D eigenvalue weighted by Crippen LogP contribution is -2.31. The second kappa shape index (κ2) is 10.7. The number of rotatable bonds is 7. The van der Waals surface area contributed by atoms with E-state index in [1.165, 1.54) is 4.31 Å². The average molecular weight is 541 g/mol. The zero-order valence-electron chi connectivity index (χ0n) is 20.6. The van der Waals surface area contributed by atoms with Gasteiger partial charge in [0.05, 0.1) is 17.1 Å². The number of benzene rings is 5. The largest absolute Gasteiger partial charge is 0.322 e. The maximum Gasteiger partial charge on any atom is 0.264 e. The van der Waals surface area contributed by atoms with E-state index in [4.69, 9.17) is 11.6 Å². The van der Waals surface area contributed by atoms with Gasteiger partial charge in [0.2, 0.25) is 0 Å². The molecule has 0 fully saturated rings. The van der Waals surface area contributed by atoms with Crippen LogP contribution in [-0.2, 0) is 16.6 Å². The number of fused-ring (bicyclic) bond motifs is 1. The Balaban J connectivity index is 1.41. The van der Waals surface area contributed by atoms with Gasteiger partial charge in [-0.05, 0) is 77.4 Å². The van der Waals surface area contributed by atoms with Crippen molar-refractivity contribution < 1.29 is 13.2 Å². The number of nitrogens with zero attached hydrogens (tertiary/aromatic N) is 1. The molecule has 0 heterocycles. The van der Waals surface area contributed by atoms with E-state index < -0.39 is 10.0 Å². The van der Waals surface area contributed by atoms with Gasteiger partial charge >= 0.3 is 0 Å². The van der Waals surface area contributed by atoms with Crippen molar-refractivity contribution in [2.24, 2.45) is 0 Å². The Hall–Kier alpha value is -4.13. The number of hydrogen-bond donors (Lipinski definition) is 1. The molecule has 5 aromatic rings. The van der Waals surface area contributed by atoms with Crippen LogP contribution in [-0.4, -0.2) is 14.3 Å². The van der Waals surface area contributed by atoms with Gasteiger partial charge in [0.1, 0.15) is 0 Å². The summed E-state index contributed by atoms with van der Waals surface area (Å²) in [4.78, 5) is 13.1. The van der Waals surface area contributed by atoms with E-state index in [1.807, 2.05) is 49.4 Å². The molecule has 1 N–H and O–H groups in total. The van der Waals surface area contributed by atoms with Crippen molar-refractivity contribution in [1.29, 1.82) is 0 Å². The van der Waals surface area contributed by atoms with Gasteiger partial charge in [-0.2, -0.15) is 0 Å². The van der Waals surface area contributed by atoms with Gasteiger partial charge in [-0.3, -0.25) is 9.10 Å². The molecule has 0 saturated heterocycles. The smallest absolute Gasteiger partial charge is 0.264 e. The third-order valence-corrected chi connectivity index (χ3v) is 8.33. The number of nitrogens with one attached hydrogen (secondary N) is 1. The van der Waals surface area contributed by atoms with Crippen molar-refractivity contribution in [1.82, 2.24) is 0 Å². The minimum Gasteiger partial charge on any atom is -0.322 e. The summed E-state index contributed by atoms with van der Waals surface area (Å²) in [7, 11) is -3.88. The normalized spacial score (nSPS) is 11.3. The zero-order valence-corrected chi connectivity index (χ0v) is 22.2. The fourth-order valence-electron chi connectivity index (χ4n) is 4.27. The first kappa shape index (κ1) is 25.5. The van der Waals surface area contributed by atoms with Crippen molar-refractivity contribution in [3.05, 3.63) is 137 Å². The van der Waals surface area contributed by atoms with Crippen LogP contribution >= 0.6 is 11.6 Å². The van der Waals surface area contributed by atoms with Crippen molar-refractivity contribution in [3.63, 3.8) is 0 Å². The maximum atomic E-state index is 13.7. The molecular formula is C31H25ClN2O3S. The standard InChI is InChI=1S/C31H25ClN2O3S/c1-22-11-17-27(32)20-30(22)34(38(36,37)29-9-3-2-4-10-29)21-23-12-14-25(15-13-23)31(35)33-28-18-16-24-7-5-6-8-26(24)19-28/h2-20H,21H2,1H3,(H,33,35). The zero-order chi connectivity index (χ0) is 26.7. The number of sulfonamides is 1. The fourth-order valence-corrected chi connectivity index (χ4v) is 5.96. The molecule has 0 atom stereocenters. The van der Waals surface area contributed by atoms with Crippen molar-refractivity contribution in [2.45, 2.75) is 18.4 Å². The molecule has 0 bridgehead atoms. The van der Waals surface area contributed by atoms with Crippen LogP contribution in [0.1, 0.15) is 21.5 Å². The number of aryl methyl sites for hydroxylation is 1. The highest BCUT2D eigenvalue weighted by Gasteiger charge is 2.26. The molecular weight excluding hydrogens is 516 g/mol. The van der Waals surface area contributed by atoms with E-state index in [0.717, 1.165) is 21.9 Å². The molecule has 0 saturated carbocycles. The summed E-state index contributed by atoms with van der Waals surface area (Å²) in [6, 6.07) is 34.1. The lowest BCUT2D eigenvalue weighted by atomic mass is 10.1. The SMILES string of the molecule is Cc1ccc(Cl)cc1N(Cc1ccc(C(=O)Nc2ccc3ccccc3c2)cc1)S(=O)(=O)c1ccccc1. The van der Waals surface area contributed by atoms with Crippen molar-refractivity contribution in [2.75, 3.05) is 9.62 Å². The summed E-state index contributed by atoms with van der Waals surface area (Å²) in [5.41, 5.74) is 3.18. The number of halogens is 1. The van der Waals surface area contributed by atoms with E-state index in [-0.39, 0.29) is 17.3 Å². The molecule has 0 unspecified atom stereocenters. The molecule has 0 aliphatic heterocycles. The Morgan fingerprint density at radius 3 is 2.21 bits per heavy atom. The van der Waals surface area contributed by atoms with Gasteiger partial charge in [0, 0.05) is 16.3 Å². The summed E-state index contributed by atoms with van der Waals surface area (Å²) in [6.45, 7) is 1.92. The highest BCUT2D eigenvalue weighted by molar-refractivity contribution is 7.92. The number of amides is 1. The second-order valence-corrected chi connectivity index (χ2v) is 11.3. The van der Waals surface area contributed by atoms with Crippen LogP contribution < -0.4 is 9.62 Å². The Bertz CT molecular complexity index is 1720. The summed E-state index contributed by atoms with van der Waals surface area (Å²) >= 11 is 6.25. The van der Waals surface area contributed by atoms with Crippen LogP contribution in [0.5, 0.6) is 0 Å². The van der Waals surface area contributed by atoms with Gasteiger partial charge in [-0.25, -0.2) is 8.42 Å². The van der Waals surface area contributed by atoms with Gasteiger partial charge in [0.15, 0.2) is 0 Å². The van der Waals surface area contributed by atoms with E-state index in [0.29, 0.717) is 22.0 Å². The predicted molar refractivity (Wildman–Crippen MR) is 154 cm³/mol. The molecule has 0 radical (unpaired) electrons. The van der Waals surface area contributed by atoms with E-state index in [2.05, 4.69) is 5.32 Å². The molecule has 0 aliphatic rings. The Morgan fingerprint density at radius 2 is 1.47 bits per heavy atom. The van der Waals surface area contributed by atoms with Crippen molar-refractivity contribution in [3.8, 4) is 0 Å². The summed E-state index contributed by atoms with van der Waals surface area (Å²) < 4.78 is 28.7. The van der Waals surface area contributed by atoms with Crippen LogP contribution in [0.3, 0.4) is 0 Å². The van der Waals surface area contributed by atoms with Crippen LogP contribution in [0, 0.1) is 6.92 Å². The quantitative estimate of drug-likeness (QED) is 0.233. The Morgan fingerprint density at radius 1 is 0.789 bits per heavy atom. The van der Waals surface area contributed by atoms with Crippen LogP contribution in [0.15, 0.2) is 120 Å². The van der Waals surface area contributed by atoms with Crippen molar-refractivity contribution >= 4 is 49.7 Å². The summed E-state index contributed by atoms with van der Waals surface area (Å²) in [5, 5.41) is 5.52. The average Bonchev–Trinajstić information content (AvgIpc) is 2.94. The van der Waals surface area contributed by atoms with Crippen LogP contribution in [0.2, 0.25) is 5.02 Å². The number of carbonyl (C=O) groups is 1. The van der Waals surface area contributed by atoms with E-state index >= 15 is 0 Å². The summed E-state index contributed by atoms with van der Waals surface area (Å²) in [6.07, 6.45) is 0. The van der Waals surface area contributed by atoms with E-state index in [1.54, 1.807) is 72.8 Å². The highest BCUT2D eigenvalue weighted by Crippen LogP contribution is 2.31.